The van der Waals surface area contributed by atoms with Gasteiger partial charge in [0.2, 0.25) is 11.8 Å². The molecule has 5 fully saturated rings. The summed E-state index contributed by atoms with van der Waals surface area (Å²) in [6.45, 7) is 0.733. The minimum atomic E-state index is -0.315. The van der Waals surface area contributed by atoms with E-state index in [0.29, 0.717) is 5.13 Å². The van der Waals surface area contributed by atoms with E-state index in [2.05, 4.69) is 10.3 Å². The molecule has 4 saturated carbocycles. The molecule has 1 saturated heterocycles. The van der Waals surface area contributed by atoms with Crippen LogP contribution >= 0.6 is 11.3 Å². The average Bonchev–Trinajstić information content (AvgIpc) is 3.24. The van der Waals surface area contributed by atoms with Crippen LogP contribution in [0.15, 0.2) is 11.6 Å². The number of nitrogens with one attached hydrogen (secondary N) is 1. The predicted molar refractivity (Wildman–Crippen MR) is 96.1 cm³/mol. The smallest absolute Gasteiger partial charge is 0.248 e. The number of carbonyl (C=O) groups is 2. The van der Waals surface area contributed by atoms with Gasteiger partial charge in [0.15, 0.2) is 5.13 Å². The fourth-order valence-electron chi connectivity index (χ4n) is 6.43. The zero-order chi connectivity index (χ0) is 17.0. The third-order valence-electron chi connectivity index (χ3n) is 6.97. The van der Waals surface area contributed by atoms with Gasteiger partial charge in [0.1, 0.15) is 6.04 Å². The Labute approximate surface area is 152 Å². The van der Waals surface area contributed by atoms with Crippen molar-refractivity contribution in [3.63, 3.8) is 0 Å². The molecule has 2 amide bonds. The van der Waals surface area contributed by atoms with E-state index in [4.69, 9.17) is 0 Å². The van der Waals surface area contributed by atoms with Crippen LogP contribution in [0.5, 0.6) is 0 Å². The van der Waals surface area contributed by atoms with Crippen LogP contribution in [0.2, 0.25) is 0 Å². The SMILES string of the molecule is O=C(Nc1nccs1)C1CCCN1C(=O)C12CC3CC(CC(C3)C1)C2. The summed E-state index contributed by atoms with van der Waals surface area (Å²) in [6.07, 6.45) is 10.6. The maximum Gasteiger partial charge on any atom is 0.248 e. The van der Waals surface area contributed by atoms with E-state index in [0.717, 1.165) is 56.4 Å². The molecule has 6 rings (SSSR count). The second-order valence-corrected chi connectivity index (χ2v) is 9.58. The van der Waals surface area contributed by atoms with Crippen molar-refractivity contribution in [1.82, 2.24) is 9.88 Å². The Hall–Kier alpha value is -1.43. The van der Waals surface area contributed by atoms with Crippen LogP contribution in [0.3, 0.4) is 0 Å². The van der Waals surface area contributed by atoms with E-state index in [1.165, 1.54) is 30.6 Å². The second kappa shape index (κ2) is 5.79. The summed E-state index contributed by atoms with van der Waals surface area (Å²) in [5.74, 6) is 2.47. The lowest BCUT2D eigenvalue weighted by molar-refractivity contribution is -0.160. The molecule has 4 bridgehead atoms. The van der Waals surface area contributed by atoms with Gasteiger partial charge in [-0.15, -0.1) is 11.3 Å². The predicted octanol–water partition coefficient (Wildman–Crippen LogP) is 3.29. The Morgan fingerprint density at radius 3 is 2.44 bits per heavy atom. The molecule has 5 nitrogen and oxygen atoms in total. The van der Waals surface area contributed by atoms with Crippen LogP contribution in [-0.4, -0.2) is 34.3 Å². The molecule has 0 radical (unpaired) electrons. The molecule has 1 N–H and O–H groups in total. The highest BCUT2D eigenvalue weighted by Gasteiger charge is 2.56. The fourth-order valence-corrected chi connectivity index (χ4v) is 6.97. The molecule has 1 atom stereocenters. The molecule has 6 heteroatoms. The lowest BCUT2D eigenvalue weighted by atomic mass is 9.49. The minimum Gasteiger partial charge on any atom is -0.330 e. The topological polar surface area (TPSA) is 62.3 Å². The summed E-state index contributed by atoms with van der Waals surface area (Å²) in [6, 6.07) is -0.315. The molecule has 1 unspecified atom stereocenters. The lowest BCUT2D eigenvalue weighted by Crippen LogP contribution is -2.56. The molecule has 4 aliphatic carbocycles. The molecule has 2 heterocycles. The van der Waals surface area contributed by atoms with E-state index in [1.54, 1.807) is 6.20 Å². The number of amides is 2. The Morgan fingerprint density at radius 1 is 1.16 bits per heavy atom. The van der Waals surface area contributed by atoms with Gasteiger partial charge < -0.3 is 10.2 Å². The normalized spacial score (nSPS) is 39.0. The number of carbonyl (C=O) groups excluding carboxylic acids is 2. The van der Waals surface area contributed by atoms with Crippen LogP contribution in [0.4, 0.5) is 5.13 Å². The Bertz CT molecular complexity index is 652. The van der Waals surface area contributed by atoms with Crippen molar-refractivity contribution in [1.29, 1.82) is 0 Å². The van der Waals surface area contributed by atoms with E-state index in [9.17, 15) is 9.59 Å². The Morgan fingerprint density at radius 2 is 1.84 bits per heavy atom. The summed E-state index contributed by atoms with van der Waals surface area (Å²) in [5.41, 5.74) is -0.154. The van der Waals surface area contributed by atoms with Crippen molar-refractivity contribution in [3.8, 4) is 0 Å². The molecule has 1 aromatic rings. The van der Waals surface area contributed by atoms with E-state index in [1.807, 2.05) is 10.3 Å². The van der Waals surface area contributed by atoms with Crippen molar-refractivity contribution < 1.29 is 9.59 Å². The first kappa shape index (κ1) is 15.8. The number of hydrogen-bond donors (Lipinski definition) is 1. The van der Waals surface area contributed by atoms with E-state index in [-0.39, 0.29) is 23.3 Å². The highest BCUT2D eigenvalue weighted by atomic mass is 32.1. The molecule has 0 spiro atoms. The minimum absolute atomic E-state index is 0.0643. The summed E-state index contributed by atoms with van der Waals surface area (Å²) in [5, 5.41) is 5.37. The van der Waals surface area contributed by atoms with Gasteiger partial charge >= 0.3 is 0 Å². The number of likely N-dealkylation sites (tertiary alicyclic amines) is 1. The molecule has 5 aliphatic rings. The highest BCUT2D eigenvalue weighted by Crippen LogP contribution is 2.60. The number of thiazole rings is 1. The maximum atomic E-state index is 13.5. The fraction of sp³-hybridized carbons (Fsp3) is 0.737. The third-order valence-corrected chi connectivity index (χ3v) is 7.66. The largest absolute Gasteiger partial charge is 0.330 e. The molecule has 1 aliphatic heterocycles. The van der Waals surface area contributed by atoms with Crippen molar-refractivity contribution in [3.05, 3.63) is 11.6 Å². The maximum absolute atomic E-state index is 13.5. The number of anilines is 1. The second-order valence-electron chi connectivity index (χ2n) is 8.68. The summed E-state index contributed by atoms with van der Waals surface area (Å²) in [7, 11) is 0. The van der Waals surface area contributed by atoms with Crippen LogP contribution in [-0.2, 0) is 9.59 Å². The van der Waals surface area contributed by atoms with Crippen LogP contribution in [0, 0.1) is 23.2 Å². The van der Waals surface area contributed by atoms with Gasteiger partial charge in [-0.05, 0) is 69.1 Å². The summed E-state index contributed by atoms with van der Waals surface area (Å²) < 4.78 is 0. The van der Waals surface area contributed by atoms with Gasteiger partial charge in [-0.2, -0.15) is 0 Å². The summed E-state index contributed by atoms with van der Waals surface area (Å²) in [4.78, 5) is 32.3. The Balaban J connectivity index is 1.35. The quantitative estimate of drug-likeness (QED) is 0.901. The van der Waals surface area contributed by atoms with E-state index >= 15 is 0 Å². The van der Waals surface area contributed by atoms with Crippen molar-refractivity contribution in [2.75, 3.05) is 11.9 Å². The molecule has 1 aromatic heterocycles. The van der Waals surface area contributed by atoms with Crippen LogP contribution in [0.25, 0.3) is 0 Å². The lowest BCUT2D eigenvalue weighted by Gasteiger charge is -2.56. The van der Waals surface area contributed by atoms with Crippen LogP contribution < -0.4 is 5.32 Å². The Kier molecular flexibility index (Phi) is 3.66. The zero-order valence-corrected chi connectivity index (χ0v) is 15.3. The third kappa shape index (κ3) is 2.60. The van der Waals surface area contributed by atoms with Crippen molar-refractivity contribution in [2.24, 2.45) is 23.2 Å². The molecular weight excluding hydrogens is 334 g/mol. The van der Waals surface area contributed by atoms with Gasteiger partial charge in [0, 0.05) is 18.1 Å². The number of hydrogen-bond acceptors (Lipinski definition) is 4. The first-order valence-electron chi connectivity index (χ1n) is 9.64. The first-order valence-corrected chi connectivity index (χ1v) is 10.5. The van der Waals surface area contributed by atoms with Gasteiger partial charge in [0.25, 0.3) is 0 Å². The molecule has 134 valence electrons. The molecule has 25 heavy (non-hydrogen) atoms. The standard InChI is InChI=1S/C19H25N3O2S/c23-16(21-18-20-3-5-25-18)15-2-1-4-22(15)17(24)19-9-12-6-13(10-19)8-14(7-12)11-19/h3,5,12-15H,1-2,4,6-11H2,(H,20,21,23). The van der Waals surface area contributed by atoms with Crippen molar-refractivity contribution in [2.45, 2.75) is 57.4 Å². The van der Waals surface area contributed by atoms with E-state index < -0.39 is 0 Å². The average molecular weight is 359 g/mol. The van der Waals surface area contributed by atoms with Gasteiger partial charge in [-0.25, -0.2) is 4.98 Å². The van der Waals surface area contributed by atoms with Crippen molar-refractivity contribution >= 4 is 28.3 Å². The van der Waals surface area contributed by atoms with Crippen LogP contribution in [0.1, 0.15) is 51.4 Å². The first-order chi connectivity index (χ1) is 12.1. The number of nitrogens with zero attached hydrogens (tertiary/aromatic N) is 2. The van der Waals surface area contributed by atoms with Gasteiger partial charge in [-0.3, -0.25) is 9.59 Å². The zero-order valence-electron chi connectivity index (χ0n) is 14.4. The number of aromatic nitrogens is 1. The summed E-state index contributed by atoms with van der Waals surface area (Å²) >= 11 is 1.42. The monoisotopic (exact) mass is 359 g/mol. The van der Waals surface area contributed by atoms with Gasteiger partial charge in [0.05, 0.1) is 5.41 Å². The molecular formula is C19H25N3O2S. The van der Waals surface area contributed by atoms with Gasteiger partial charge in [-0.1, -0.05) is 0 Å². The molecule has 0 aromatic carbocycles. The highest BCUT2D eigenvalue weighted by molar-refractivity contribution is 7.13. The number of rotatable bonds is 3.